The lowest BCUT2D eigenvalue weighted by molar-refractivity contribution is -0.135. The Morgan fingerprint density at radius 3 is 2.58 bits per heavy atom. The third-order valence-corrected chi connectivity index (χ3v) is 4.19. The van der Waals surface area contributed by atoms with E-state index in [1.807, 2.05) is 4.90 Å². The van der Waals surface area contributed by atoms with Crippen molar-refractivity contribution < 1.29 is 4.79 Å². The van der Waals surface area contributed by atoms with E-state index in [1.54, 1.807) is 0 Å². The van der Waals surface area contributed by atoms with Crippen LogP contribution in [0.5, 0.6) is 0 Å². The lowest BCUT2D eigenvalue weighted by Gasteiger charge is -2.36. The molecule has 1 saturated heterocycles. The van der Waals surface area contributed by atoms with E-state index in [9.17, 15) is 4.79 Å². The lowest BCUT2D eigenvalue weighted by atomic mass is 9.95. The van der Waals surface area contributed by atoms with Gasteiger partial charge in [0.05, 0.1) is 6.04 Å². The van der Waals surface area contributed by atoms with Gasteiger partial charge in [-0.1, -0.05) is 24.3 Å². The highest BCUT2D eigenvalue weighted by molar-refractivity contribution is 5.82. The zero-order chi connectivity index (χ0) is 13.2. The number of carbonyl (C=O) groups is 1. The first-order valence-corrected chi connectivity index (χ1v) is 7.01. The minimum Gasteiger partial charge on any atom is -0.339 e. The molecule has 0 aromatic heterocycles. The van der Waals surface area contributed by atoms with Crippen LogP contribution in [-0.4, -0.2) is 55.0 Å². The Labute approximate surface area is 114 Å². The standard InChI is InChI=1S/C15H21N3O/c1-17-6-8-18(9-7-17)15(19)14-10-12-4-2-3-5-13(12)11-16-14/h2-5,14,16H,6-11H2,1H3. The number of carbonyl (C=O) groups excluding carboxylic acids is 1. The van der Waals surface area contributed by atoms with Crippen LogP contribution in [0.1, 0.15) is 11.1 Å². The molecule has 4 nitrogen and oxygen atoms in total. The quantitative estimate of drug-likeness (QED) is 0.796. The predicted octanol–water partition coefficient (Wildman–Crippen LogP) is 0.475. The van der Waals surface area contributed by atoms with Crippen LogP contribution in [0, 0.1) is 0 Å². The number of likely N-dealkylation sites (N-methyl/N-ethyl adjacent to an activating group) is 1. The molecular weight excluding hydrogens is 238 g/mol. The second kappa shape index (κ2) is 5.31. The number of rotatable bonds is 1. The minimum absolute atomic E-state index is 0.0432. The molecule has 19 heavy (non-hydrogen) atoms. The van der Waals surface area contributed by atoms with Crippen molar-refractivity contribution in [3.63, 3.8) is 0 Å². The predicted molar refractivity (Wildman–Crippen MR) is 74.9 cm³/mol. The molecule has 1 aromatic rings. The van der Waals surface area contributed by atoms with Crippen molar-refractivity contribution in [3.05, 3.63) is 35.4 Å². The number of fused-ring (bicyclic) bond motifs is 1. The minimum atomic E-state index is -0.0432. The Morgan fingerprint density at radius 2 is 1.84 bits per heavy atom. The van der Waals surface area contributed by atoms with Gasteiger partial charge >= 0.3 is 0 Å². The van der Waals surface area contributed by atoms with E-state index >= 15 is 0 Å². The number of amides is 1. The normalized spacial score (nSPS) is 24.1. The van der Waals surface area contributed by atoms with Crippen molar-refractivity contribution in [2.75, 3.05) is 33.2 Å². The van der Waals surface area contributed by atoms with E-state index in [2.05, 4.69) is 41.5 Å². The fourth-order valence-corrected chi connectivity index (χ4v) is 2.88. The van der Waals surface area contributed by atoms with Gasteiger partial charge in [-0.15, -0.1) is 0 Å². The maximum absolute atomic E-state index is 12.5. The number of piperazine rings is 1. The SMILES string of the molecule is CN1CCN(C(=O)C2Cc3ccccc3CN2)CC1. The Kier molecular flexibility index (Phi) is 3.53. The summed E-state index contributed by atoms with van der Waals surface area (Å²) in [5, 5.41) is 3.38. The second-order valence-corrected chi connectivity index (χ2v) is 5.53. The largest absolute Gasteiger partial charge is 0.339 e. The van der Waals surface area contributed by atoms with Crippen LogP contribution >= 0.6 is 0 Å². The highest BCUT2D eigenvalue weighted by atomic mass is 16.2. The van der Waals surface area contributed by atoms with E-state index < -0.39 is 0 Å². The van der Waals surface area contributed by atoms with E-state index in [0.29, 0.717) is 0 Å². The molecule has 2 aliphatic heterocycles. The molecule has 0 bridgehead atoms. The van der Waals surface area contributed by atoms with Crippen LogP contribution in [0.4, 0.5) is 0 Å². The number of hydrogen-bond acceptors (Lipinski definition) is 3. The molecule has 3 rings (SSSR count). The van der Waals surface area contributed by atoms with Gasteiger partial charge in [0, 0.05) is 32.7 Å². The van der Waals surface area contributed by atoms with Crippen molar-refractivity contribution in [1.82, 2.24) is 15.1 Å². The zero-order valence-electron chi connectivity index (χ0n) is 11.4. The Balaban J connectivity index is 1.66. The third-order valence-electron chi connectivity index (χ3n) is 4.19. The van der Waals surface area contributed by atoms with Crippen LogP contribution in [0.3, 0.4) is 0 Å². The number of nitrogens with zero attached hydrogens (tertiary/aromatic N) is 2. The number of hydrogen-bond donors (Lipinski definition) is 1. The van der Waals surface area contributed by atoms with Crippen molar-refractivity contribution in [1.29, 1.82) is 0 Å². The van der Waals surface area contributed by atoms with Crippen LogP contribution in [-0.2, 0) is 17.8 Å². The van der Waals surface area contributed by atoms with E-state index in [4.69, 9.17) is 0 Å². The van der Waals surface area contributed by atoms with Crippen LogP contribution < -0.4 is 5.32 Å². The fraction of sp³-hybridized carbons (Fsp3) is 0.533. The van der Waals surface area contributed by atoms with Crippen molar-refractivity contribution >= 4 is 5.91 Å². The van der Waals surface area contributed by atoms with Crippen molar-refractivity contribution in [2.45, 2.75) is 19.0 Å². The van der Waals surface area contributed by atoms with Crippen LogP contribution in [0.15, 0.2) is 24.3 Å². The van der Waals surface area contributed by atoms with Gasteiger partial charge < -0.3 is 15.1 Å². The molecule has 2 heterocycles. The molecule has 0 spiro atoms. The molecule has 2 aliphatic rings. The molecule has 1 fully saturated rings. The van der Waals surface area contributed by atoms with Gasteiger partial charge in [0.2, 0.25) is 5.91 Å². The molecule has 1 N–H and O–H groups in total. The van der Waals surface area contributed by atoms with Gasteiger partial charge in [-0.3, -0.25) is 4.79 Å². The summed E-state index contributed by atoms with van der Waals surface area (Å²) >= 11 is 0. The second-order valence-electron chi connectivity index (χ2n) is 5.53. The van der Waals surface area contributed by atoms with Crippen LogP contribution in [0.2, 0.25) is 0 Å². The van der Waals surface area contributed by atoms with Gasteiger partial charge in [-0.05, 0) is 24.6 Å². The maximum Gasteiger partial charge on any atom is 0.240 e. The van der Waals surface area contributed by atoms with Gasteiger partial charge in [0.25, 0.3) is 0 Å². The Bertz CT molecular complexity index is 466. The smallest absolute Gasteiger partial charge is 0.240 e. The zero-order valence-corrected chi connectivity index (χ0v) is 11.4. The molecule has 0 saturated carbocycles. The van der Waals surface area contributed by atoms with Gasteiger partial charge in [-0.2, -0.15) is 0 Å². The highest BCUT2D eigenvalue weighted by Crippen LogP contribution is 2.17. The number of benzene rings is 1. The highest BCUT2D eigenvalue weighted by Gasteiger charge is 2.29. The lowest BCUT2D eigenvalue weighted by Crippen LogP contribution is -2.54. The average molecular weight is 259 g/mol. The van der Waals surface area contributed by atoms with Crippen LogP contribution in [0.25, 0.3) is 0 Å². The topological polar surface area (TPSA) is 35.6 Å². The summed E-state index contributed by atoms with van der Waals surface area (Å²) < 4.78 is 0. The van der Waals surface area contributed by atoms with E-state index in [-0.39, 0.29) is 11.9 Å². The van der Waals surface area contributed by atoms with Crippen molar-refractivity contribution in [2.24, 2.45) is 0 Å². The third kappa shape index (κ3) is 2.65. The molecule has 4 heteroatoms. The van der Waals surface area contributed by atoms with Crippen molar-refractivity contribution in [3.8, 4) is 0 Å². The molecule has 1 unspecified atom stereocenters. The molecule has 0 radical (unpaired) electrons. The molecule has 102 valence electrons. The summed E-state index contributed by atoms with van der Waals surface area (Å²) in [6.45, 7) is 4.48. The van der Waals surface area contributed by atoms with Gasteiger partial charge in [0.1, 0.15) is 0 Å². The summed E-state index contributed by atoms with van der Waals surface area (Å²) in [7, 11) is 2.11. The Hall–Kier alpha value is -1.39. The average Bonchev–Trinajstić information content (AvgIpc) is 2.47. The van der Waals surface area contributed by atoms with E-state index in [1.165, 1.54) is 11.1 Å². The summed E-state index contributed by atoms with van der Waals surface area (Å²) in [5.41, 5.74) is 2.64. The molecule has 1 amide bonds. The molecule has 0 aliphatic carbocycles. The molecular formula is C15H21N3O. The van der Waals surface area contributed by atoms with Gasteiger partial charge in [-0.25, -0.2) is 0 Å². The summed E-state index contributed by atoms with van der Waals surface area (Å²) in [6.07, 6.45) is 0.821. The first-order chi connectivity index (χ1) is 9.24. The number of nitrogens with one attached hydrogen (secondary N) is 1. The maximum atomic E-state index is 12.5. The van der Waals surface area contributed by atoms with E-state index in [0.717, 1.165) is 39.1 Å². The molecule has 1 atom stereocenters. The first kappa shape index (κ1) is 12.6. The molecule has 1 aromatic carbocycles. The van der Waals surface area contributed by atoms with Gasteiger partial charge in [0.15, 0.2) is 0 Å². The fourth-order valence-electron chi connectivity index (χ4n) is 2.88. The summed E-state index contributed by atoms with van der Waals surface area (Å²) in [5.74, 6) is 0.266. The Morgan fingerprint density at radius 1 is 1.16 bits per heavy atom. The summed E-state index contributed by atoms with van der Waals surface area (Å²) in [6, 6.07) is 8.35. The first-order valence-electron chi connectivity index (χ1n) is 7.01. The monoisotopic (exact) mass is 259 g/mol. The summed E-state index contributed by atoms with van der Waals surface area (Å²) in [4.78, 5) is 16.8.